The Labute approximate surface area is 157 Å². The van der Waals surface area contributed by atoms with E-state index in [4.69, 9.17) is 0 Å². The average molecular weight is 411 g/mol. The predicted molar refractivity (Wildman–Crippen MR) is 96.3 cm³/mol. The van der Waals surface area contributed by atoms with Crippen molar-refractivity contribution in [1.29, 1.82) is 0 Å². The summed E-state index contributed by atoms with van der Waals surface area (Å²) in [6.45, 7) is 2.68. The Balaban J connectivity index is 2.08. The molecule has 0 unspecified atom stereocenters. The number of carbonyl (C=O) groups is 2. The summed E-state index contributed by atoms with van der Waals surface area (Å²) in [5.74, 6) is -0.778. The highest BCUT2D eigenvalue weighted by atomic mass is 32.3. The molecule has 0 spiro atoms. The van der Waals surface area contributed by atoms with Crippen molar-refractivity contribution >= 4 is 31.8 Å². The zero-order chi connectivity index (χ0) is 20.2. The molecule has 0 aliphatic carbocycles. The van der Waals surface area contributed by atoms with Gasteiger partial charge in [-0.05, 0) is 67.5 Å². The molecule has 0 radical (unpaired) electrons. The summed E-state index contributed by atoms with van der Waals surface area (Å²) < 4.78 is 57.0. The van der Waals surface area contributed by atoms with Gasteiger partial charge in [-0.15, -0.1) is 0 Å². The molecule has 144 valence electrons. The molecule has 0 heterocycles. The van der Waals surface area contributed by atoms with Crippen LogP contribution in [0.5, 0.6) is 11.5 Å². The highest BCUT2D eigenvalue weighted by Gasteiger charge is 2.15. The highest BCUT2D eigenvalue weighted by molar-refractivity contribution is 8.07. The molecule has 0 atom stereocenters. The van der Waals surface area contributed by atoms with Gasteiger partial charge in [0.1, 0.15) is 11.5 Å². The molecular formula is C17H15O8S2-. The number of rotatable bonds is 8. The number of hydrogen-bond acceptors (Lipinski definition) is 8. The Bertz CT molecular complexity index is 963. The summed E-state index contributed by atoms with van der Waals surface area (Å²) >= 11 is 0. The van der Waals surface area contributed by atoms with E-state index in [1.807, 2.05) is 0 Å². The molecule has 2 aromatic rings. The number of hydrogen-bond donors (Lipinski definition) is 0. The van der Waals surface area contributed by atoms with Crippen LogP contribution in [0.2, 0.25) is 0 Å². The lowest BCUT2D eigenvalue weighted by molar-refractivity contribution is 0.100. The van der Waals surface area contributed by atoms with E-state index in [-0.39, 0.29) is 28.2 Å². The maximum absolute atomic E-state index is 11.9. The third kappa shape index (κ3) is 6.19. The molecular weight excluding hydrogens is 396 g/mol. The van der Waals surface area contributed by atoms with E-state index in [1.165, 1.54) is 62.4 Å². The first-order valence-corrected chi connectivity index (χ1v) is 10.4. The Kier molecular flexibility index (Phi) is 6.01. The lowest BCUT2D eigenvalue weighted by atomic mass is 10.1. The quantitative estimate of drug-likeness (QED) is 0.369. The van der Waals surface area contributed by atoms with Gasteiger partial charge in [0.25, 0.3) is 0 Å². The van der Waals surface area contributed by atoms with E-state index in [1.54, 1.807) is 0 Å². The monoisotopic (exact) mass is 411 g/mol. The van der Waals surface area contributed by atoms with Crippen molar-refractivity contribution in [3.8, 4) is 11.5 Å². The fraction of sp³-hybridized carbons (Fsp3) is 0.118. The molecule has 10 heteroatoms. The molecule has 8 nitrogen and oxygen atoms in total. The van der Waals surface area contributed by atoms with E-state index in [2.05, 4.69) is 8.37 Å². The van der Waals surface area contributed by atoms with Crippen LogP contribution in [0.15, 0.2) is 48.5 Å². The molecule has 0 amide bonds. The second-order valence-electron chi connectivity index (χ2n) is 5.41. The van der Waals surface area contributed by atoms with Crippen molar-refractivity contribution in [3.63, 3.8) is 0 Å². The van der Waals surface area contributed by atoms with Crippen LogP contribution in [0.3, 0.4) is 0 Å². The molecule has 2 rings (SSSR count). The van der Waals surface area contributed by atoms with Crippen LogP contribution in [0.25, 0.3) is 0 Å². The van der Waals surface area contributed by atoms with E-state index >= 15 is 0 Å². The summed E-state index contributed by atoms with van der Waals surface area (Å²) in [5.41, 5.74) is 0.683. The maximum Gasteiger partial charge on any atom is 0.194 e. The van der Waals surface area contributed by atoms with Gasteiger partial charge in [-0.2, -0.15) is 0 Å². The van der Waals surface area contributed by atoms with Gasteiger partial charge in [0.05, 0.1) is 0 Å². The van der Waals surface area contributed by atoms with E-state index in [9.17, 15) is 26.4 Å². The Morgan fingerprint density at radius 1 is 0.667 bits per heavy atom. The van der Waals surface area contributed by atoms with Crippen molar-refractivity contribution in [2.45, 2.75) is 13.8 Å². The second-order valence-corrected chi connectivity index (χ2v) is 8.48. The Hall–Kier alpha value is -2.72. The van der Waals surface area contributed by atoms with Crippen molar-refractivity contribution in [3.05, 3.63) is 64.7 Å². The molecule has 0 bridgehead atoms. The predicted octanol–water partition coefficient (Wildman–Crippen LogP) is 2.33. The summed E-state index contributed by atoms with van der Waals surface area (Å²) in [6, 6.07) is 10.2. The van der Waals surface area contributed by atoms with Crippen molar-refractivity contribution in [2.75, 3.05) is 0 Å². The Morgan fingerprint density at radius 3 is 1.22 bits per heavy atom. The highest BCUT2D eigenvalue weighted by Crippen LogP contribution is 2.20. The number of benzene rings is 2. The van der Waals surface area contributed by atoms with Gasteiger partial charge in [-0.3, -0.25) is 9.59 Å². The minimum absolute atomic E-state index is 0.0717. The zero-order valence-corrected chi connectivity index (χ0v) is 15.9. The molecule has 2 aromatic carbocycles. The first-order valence-electron chi connectivity index (χ1n) is 7.43. The summed E-state index contributed by atoms with van der Waals surface area (Å²) in [5, 5.41) is -0.0717. The van der Waals surface area contributed by atoms with Gasteiger partial charge < -0.3 is 8.37 Å². The first-order chi connectivity index (χ1) is 12.5. The minimum Gasteiger partial charge on any atom is -0.404 e. The minimum atomic E-state index is -4.64. The lowest BCUT2D eigenvalue weighted by Crippen LogP contribution is -2.19. The number of ketones is 2. The van der Waals surface area contributed by atoms with Crippen LogP contribution in [0.4, 0.5) is 0 Å². The fourth-order valence-corrected chi connectivity index (χ4v) is 4.17. The summed E-state index contributed by atoms with van der Waals surface area (Å²) in [6.07, 6.45) is 0. The largest absolute Gasteiger partial charge is 0.404 e. The van der Waals surface area contributed by atoms with Crippen LogP contribution in [-0.2, 0) is 20.2 Å². The van der Waals surface area contributed by atoms with Gasteiger partial charge in [-0.25, -0.2) is 16.8 Å². The van der Waals surface area contributed by atoms with Crippen LogP contribution in [0, 0.1) is 5.08 Å². The van der Waals surface area contributed by atoms with Gasteiger partial charge in [0.15, 0.2) is 31.8 Å². The average Bonchev–Trinajstić information content (AvgIpc) is 2.53. The second kappa shape index (κ2) is 7.89. The smallest absolute Gasteiger partial charge is 0.194 e. The summed E-state index contributed by atoms with van der Waals surface area (Å²) in [4.78, 5) is 22.4. The van der Waals surface area contributed by atoms with Gasteiger partial charge >= 0.3 is 0 Å². The number of carbonyl (C=O) groups excluding carboxylic acids is 2. The molecule has 0 aliphatic heterocycles. The Morgan fingerprint density at radius 2 is 0.963 bits per heavy atom. The van der Waals surface area contributed by atoms with Gasteiger partial charge in [-0.1, -0.05) is 0 Å². The van der Waals surface area contributed by atoms with Crippen molar-refractivity contribution in [1.82, 2.24) is 0 Å². The molecule has 0 N–H and O–H groups in total. The van der Waals surface area contributed by atoms with Crippen molar-refractivity contribution < 1.29 is 34.8 Å². The van der Waals surface area contributed by atoms with Crippen molar-refractivity contribution in [2.24, 2.45) is 0 Å². The van der Waals surface area contributed by atoms with Crippen LogP contribution in [0.1, 0.15) is 34.6 Å². The third-order valence-corrected chi connectivity index (χ3v) is 5.92. The molecule has 27 heavy (non-hydrogen) atoms. The third-order valence-electron chi connectivity index (χ3n) is 3.18. The summed E-state index contributed by atoms with van der Waals surface area (Å²) in [7, 11) is -9.29. The first kappa shape index (κ1) is 20.6. The van der Waals surface area contributed by atoms with E-state index < -0.39 is 20.2 Å². The van der Waals surface area contributed by atoms with Gasteiger partial charge in [0, 0.05) is 11.1 Å². The topological polar surface area (TPSA) is 121 Å². The molecule has 0 fully saturated rings. The number of Topliss-reactive ketones (excluding diaryl/α,β-unsaturated/α-hetero) is 2. The standard InChI is InChI=1S/C17H15O8S2/c1-12(18)14-3-7-16(8-4-14)24-26(20,21)11-27(22,23)25-17-9-5-15(6-10-17)13(2)19/h3-11H,1-2H3/q-1. The SMILES string of the molecule is CC(=O)c1ccc(OS(=O)(=O)[CH-]S(=O)(=O)Oc2ccc(C(C)=O)cc2)cc1. The fourth-order valence-electron chi connectivity index (χ4n) is 1.94. The van der Waals surface area contributed by atoms with Crippen LogP contribution in [-0.4, -0.2) is 28.4 Å². The zero-order valence-electron chi connectivity index (χ0n) is 14.3. The van der Waals surface area contributed by atoms with Gasteiger partial charge in [0.2, 0.25) is 0 Å². The van der Waals surface area contributed by atoms with E-state index in [0.29, 0.717) is 11.1 Å². The molecule has 0 saturated heterocycles. The van der Waals surface area contributed by atoms with E-state index in [0.717, 1.165) is 0 Å². The normalized spacial score (nSPS) is 11.6. The maximum atomic E-state index is 11.9. The van der Waals surface area contributed by atoms with Crippen LogP contribution >= 0.6 is 0 Å². The molecule has 0 aliphatic rings. The molecule has 0 saturated carbocycles. The lowest BCUT2D eigenvalue weighted by Gasteiger charge is -2.16. The molecule has 0 aromatic heterocycles. The van der Waals surface area contributed by atoms with Crippen LogP contribution < -0.4 is 8.37 Å².